The summed E-state index contributed by atoms with van der Waals surface area (Å²) in [5, 5.41) is 128. The lowest BCUT2D eigenvalue weighted by Gasteiger charge is -2.40. The average molecular weight is 1090 g/mol. The number of amides is 6. The summed E-state index contributed by atoms with van der Waals surface area (Å²) in [5.74, 6) is -4.80. The second-order valence-corrected chi connectivity index (χ2v) is 18.1. The van der Waals surface area contributed by atoms with Crippen LogP contribution in [0.4, 0.5) is 0 Å². The zero-order valence-corrected chi connectivity index (χ0v) is 41.1. The number of ether oxygens (including phenoxy) is 6. The third kappa shape index (κ3) is 19.0. The molecule has 31 heteroatoms. The Morgan fingerprint density at radius 2 is 1.00 bits per heavy atom. The van der Waals surface area contributed by atoms with Gasteiger partial charge in [-0.25, -0.2) is 4.79 Å². The van der Waals surface area contributed by atoms with Gasteiger partial charge in [0, 0.05) is 58.3 Å². The fourth-order valence-corrected chi connectivity index (χ4v) is 8.06. The predicted molar refractivity (Wildman–Crippen MR) is 242 cm³/mol. The van der Waals surface area contributed by atoms with Crippen molar-refractivity contribution in [1.82, 2.24) is 25.9 Å². The molecule has 0 unspecified atom stereocenters. The van der Waals surface area contributed by atoms with E-state index >= 15 is 0 Å². The fourth-order valence-electron chi connectivity index (χ4n) is 8.06. The smallest absolute Gasteiger partial charge is 0.333 e. The molecule has 4 heterocycles. The van der Waals surface area contributed by atoms with Gasteiger partial charge in [-0.3, -0.25) is 28.8 Å². The lowest BCUT2D eigenvalue weighted by atomic mass is 9.99. The highest BCUT2D eigenvalue weighted by Gasteiger charge is 2.46. The van der Waals surface area contributed by atoms with Crippen LogP contribution in [0.15, 0.2) is 0 Å². The minimum Gasteiger partial charge on any atom is -0.394 e. The van der Waals surface area contributed by atoms with Gasteiger partial charge in [-0.2, -0.15) is 0 Å². The van der Waals surface area contributed by atoms with Crippen LogP contribution in [0.25, 0.3) is 0 Å². The molecule has 4 saturated heterocycles. The van der Waals surface area contributed by atoms with Gasteiger partial charge in [0.05, 0.1) is 46.1 Å². The summed E-state index contributed by atoms with van der Waals surface area (Å²) >= 11 is 0. The van der Waals surface area contributed by atoms with Crippen molar-refractivity contribution >= 4 is 41.4 Å². The highest BCUT2D eigenvalue weighted by Crippen LogP contribution is 2.25. The molecule has 0 saturated carbocycles. The second kappa shape index (κ2) is 31.9. The monoisotopic (exact) mass is 1090 g/mol. The van der Waals surface area contributed by atoms with Crippen molar-refractivity contribution in [2.75, 3.05) is 65.8 Å². The summed E-state index contributed by atoms with van der Waals surface area (Å²) in [6.07, 6.45) is -23.5. The maximum atomic E-state index is 13.5. The third-order valence-corrected chi connectivity index (χ3v) is 12.5. The van der Waals surface area contributed by atoms with Gasteiger partial charge in [-0.15, -0.1) is 5.06 Å². The van der Waals surface area contributed by atoms with Gasteiger partial charge in [-0.1, -0.05) is 6.42 Å². The van der Waals surface area contributed by atoms with Gasteiger partial charge in [-0.05, 0) is 25.7 Å². The summed E-state index contributed by atoms with van der Waals surface area (Å²) in [5.41, 5.74) is 0. The van der Waals surface area contributed by atoms with Crippen LogP contribution in [-0.4, -0.2) is 277 Å². The van der Waals surface area contributed by atoms with Gasteiger partial charge < -0.3 is 115 Å². The van der Waals surface area contributed by atoms with E-state index in [1.54, 1.807) is 0 Å². The molecule has 4 aliphatic rings. The van der Waals surface area contributed by atoms with Crippen molar-refractivity contribution in [3.8, 4) is 0 Å². The van der Waals surface area contributed by atoms with E-state index in [4.69, 9.17) is 33.3 Å². The number of unbranched alkanes of at least 4 members (excludes halogenated alkanes) is 3. The van der Waals surface area contributed by atoms with Crippen LogP contribution >= 0.6 is 0 Å². The third-order valence-electron chi connectivity index (χ3n) is 12.5. The van der Waals surface area contributed by atoms with Crippen LogP contribution in [0, 0.1) is 0 Å². The molecule has 0 aromatic rings. The summed E-state index contributed by atoms with van der Waals surface area (Å²) in [7, 11) is 0. The van der Waals surface area contributed by atoms with E-state index in [1.807, 2.05) is 0 Å². The summed E-state index contributed by atoms with van der Waals surface area (Å²) < 4.78 is 32.5. The summed E-state index contributed by atoms with van der Waals surface area (Å²) in [4.78, 5) is 94.5. The van der Waals surface area contributed by atoms with Crippen LogP contribution in [0.5, 0.6) is 0 Å². The van der Waals surface area contributed by atoms with E-state index in [2.05, 4.69) is 16.0 Å². The molecule has 0 aliphatic carbocycles. The topological polar surface area (TPSA) is 469 Å². The Balaban J connectivity index is 1.26. The van der Waals surface area contributed by atoms with E-state index in [1.165, 1.54) is 4.90 Å². The average Bonchev–Trinajstić information content (AvgIpc) is 3.70. The molecule has 4 fully saturated rings. The molecule has 0 spiro atoms. The van der Waals surface area contributed by atoms with Gasteiger partial charge in [0.2, 0.25) is 23.6 Å². The van der Waals surface area contributed by atoms with E-state index in [0.29, 0.717) is 17.9 Å². The highest BCUT2D eigenvalue weighted by atomic mass is 16.7. The van der Waals surface area contributed by atoms with Gasteiger partial charge in [0.15, 0.2) is 18.9 Å². The SMILES string of the molecule is O=C(C[C@H](NC(=O)CCCCC(=O)ON1C(=O)CCC1=O)C(=O)NCCO[C@H]1O[C@H](CO)[C@@H](O)[C@@H](O)[C@@H]1O)NCCCCCC(=O)N(CCO[C@H]1O[C@H](CO)[C@@H](O)[C@H](O)[C@@H]1O)CCO[C@H]1O[C@H](CO)[C@@H](O)[C@@H](O)[C@@H]1O. The van der Waals surface area contributed by atoms with Crippen molar-refractivity contribution in [3.63, 3.8) is 0 Å². The number of hydroxylamine groups is 2. The molecule has 0 bridgehead atoms. The number of nitrogens with one attached hydrogen (secondary N) is 3. The number of carbonyl (C=O) groups excluding carboxylic acids is 7. The lowest BCUT2D eigenvalue weighted by Crippen LogP contribution is -2.59. The van der Waals surface area contributed by atoms with Crippen molar-refractivity contribution in [2.45, 2.75) is 169 Å². The number of aliphatic hydroxyl groups excluding tert-OH is 12. The van der Waals surface area contributed by atoms with Crippen LogP contribution in [0.3, 0.4) is 0 Å². The molecular formula is C44H73N5O26. The highest BCUT2D eigenvalue weighted by molar-refractivity contribution is 6.01. The van der Waals surface area contributed by atoms with Crippen LogP contribution in [-0.2, 0) is 66.8 Å². The van der Waals surface area contributed by atoms with Crippen LogP contribution < -0.4 is 16.0 Å². The molecule has 0 aromatic heterocycles. The zero-order chi connectivity index (χ0) is 55.4. The Morgan fingerprint density at radius 1 is 0.547 bits per heavy atom. The Bertz CT molecular complexity index is 1780. The Labute approximate surface area is 429 Å². The summed E-state index contributed by atoms with van der Waals surface area (Å²) in [6.45, 7) is -3.54. The number of hydrogen-bond donors (Lipinski definition) is 15. The fraction of sp³-hybridized carbons (Fsp3) is 0.841. The maximum Gasteiger partial charge on any atom is 0.333 e. The molecule has 31 nitrogen and oxygen atoms in total. The first-order chi connectivity index (χ1) is 35.7. The molecule has 4 rings (SSSR count). The van der Waals surface area contributed by atoms with Gasteiger partial charge >= 0.3 is 5.97 Å². The lowest BCUT2D eigenvalue weighted by molar-refractivity contribution is -0.303. The molecule has 430 valence electrons. The Kier molecular flexibility index (Phi) is 26.9. The minimum absolute atomic E-state index is 0.0542. The molecule has 75 heavy (non-hydrogen) atoms. The number of imide groups is 1. The number of aliphatic hydroxyl groups is 12. The van der Waals surface area contributed by atoms with E-state index in [9.17, 15) is 94.8 Å². The van der Waals surface area contributed by atoms with E-state index in [0.717, 1.165) is 0 Å². The molecular weight excluding hydrogens is 1010 g/mol. The zero-order valence-electron chi connectivity index (χ0n) is 41.1. The maximum absolute atomic E-state index is 13.5. The first-order valence-corrected chi connectivity index (χ1v) is 24.7. The number of rotatable bonds is 31. The first-order valence-electron chi connectivity index (χ1n) is 24.7. The first kappa shape index (κ1) is 63.3. The van der Waals surface area contributed by atoms with Crippen LogP contribution in [0.2, 0.25) is 0 Å². The Morgan fingerprint density at radius 3 is 1.48 bits per heavy atom. The quantitative estimate of drug-likeness (QED) is 0.0226. The standard InChI is InChI=1S/C44H73N5O26/c50-19-23-32(59)35(62)38(65)42(72-23)69-15-12-46-41(68)22(47-26(53)6-3-4-8-31(58)75-49-29(56)9-10-30(49)57)18-27(54)45-11-5-1-2-7-28(55)48(13-16-70-43-39(66)36(63)33(60)24(20-51)73-43)14-17-71-44-40(67)37(64)34(61)25(21-52)74-44/h22-25,32-40,42-44,50-52,59-67H,1-21H2,(H,45,54)(H,46,68)(H,47,53)/t22-,23+,24+,25+,32+,33+,34+,35+,36-,37+,38-,39-,40-,42-,43-,44-/m0/s1. The molecule has 15 N–H and O–H groups in total. The molecule has 6 amide bonds. The minimum atomic E-state index is -1.72. The van der Waals surface area contributed by atoms with Crippen molar-refractivity contribution in [1.29, 1.82) is 0 Å². The Hall–Kier alpha value is -4.23. The van der Waals surface area contributed by atoms with Gasteiger partial charge in [0.25, 0.3) is 11.8 Å². The molecule has 4 aliphatic heterocycles. The predicted octanol–water partition coefficient (Wildman–Crippen LogP) is -8.90. The van der Waals surface area contributed by atoms with E-state index < -0.39 is 166 Å². The number of nitrogens with zero attached hydrogens (tertiary/aromatic N) is 2. The molecule has 16 atom stereocenters. The van der Waals surface area contributed by atoms with E-state index in [-0.39, 0.29) is 97.4 Å². The van der Waals surface area contributed by atoms with Crippen molar-refractivity contribution in [3.05, 3.63) is 0 Å². The molecule has 0 aromatic carbocycles. The molecule has 0 radical (unpaired) electrons. The number of carbonyl (C=O) groups is 7. The van der Waals surface area contributed by atoms with Crippen molar-refractivity contribution in [2.24, 2.45) is 0 Å². The number of hydrogen-bond acceptors (Lipinski definition) is 26. The largest absolute Gasteiger partial charge is 0.394 e. The van der Waals surface area contributed by atoms with Crippen molar-refractivity contribution < 1.29 is 128 Å². The van der Waals surface area contributed by atoms with Gasteiger partial charge in [0.1, 0.15) is 79.3 Å². The summed E-state index contributed by atoms with van der Waals surface area (Å²) in [6, 6.07) is -1.44. The van der Waals surface area contributed by atoms with Crippen LogP contribution in [0.1, 0.15) is 70.6 Å². The normalized spacial score (nSPS) is 31.4. The second-order valence-electron chi connectivity index (χ2n) is 18.1.